The molecule has 62 valence electrons. The first-order valence-corrected chi connectivity index (χ1v) is 4.20. The highest BCUT2D eigenvalue weighted by Gasteiger charge is 2.27. The summed E-state index contributed by atoms with van der Waals surface area (Å²) in [5.74, 6) is 0. The van der Waals surface area contributed by atoms with E-state index in [1.54, 1.807) is 0 Å². The van der Waals surface area contributed by atoms with Gasteiger partial charge in [-0.15, -0.1) is 6.58 Å². The number of aliphatic hydroxyl groups excluding tert-OH is 1. The highest BCUT2D eigenvalue weighted by atomic mass is 16.3. The quantitative estimate of drug-likeness (QED) is 0.615. The second-order valence-electron chi connectivity index (χ2n) is 3.37. The summed E-state index contributed by atoms with van der Waals surface area (Å²) in [4.78, 5) is 0. The van der Waals surface area contributed by atoms with Gasteiger partial charge >= 0.3 is 0 Å². The van der Waals surface area contributed by atoms with E-state index in [0.29, 0.717) is 6.61 Å². The van der Waals surface area contributed by atoms with E-state index in [2.05, 4.69) is 18.7 Å². The number of hydrogen-bond acceptors (Lipinski definition) is 1. The van der Waals surface area contributed by atoms with E-state index in [1.165, 1.54) is 0 Å². The molecule has 0 heterocycles. The van der Waals surface area contributed by atoms with Gasteiger partial charge < -0.3 is 5.11 Å². The Morgan fingerprint density at radius 3 is 2.82 bits per heavy atom. The summed E-state index contributed by atoms with van der Waals surface area (Å²) in [6, 6.07) is 0. The van der Waals surface area contributed by atoms with Crippen LogP contribution in [0.4, 0.5) is 0 Å². The Kier molecular flexibility index (Phi) is 2.89. The molecule has 1 rings (SSSR count). The minimum atomic E-state index is 0.122. The fourth-order valence-electron chi connectivity index (χ4n) is 1.64. The predicted octanol–water partition coefficient (Wildman–Crippen LogP) is 2.28. The monoisotopic (exact) mass is 152 g/mol. The maximum absolute atomic E-state index is 9.19. The number of hydrogen-bond donors (Lipinski definition) is 1. The van der Waals surface area contributed by atoms with Crippen LogP contribution in [0.3, 0.4) is 0 Å². The zero-order valence-corrected chi connectivity index (χ0v) is 6.92. The van der Waals surface area contributed by atoms with Crippen LogP contribution in [-0.4, -0.2) is 11.7 Å². The molecule has 0 fully saturated rings. The lowest BCUT2D eigenvalue weighted by Crippen LogP contribution is -2.25. The summed E-state index contributed by atoms with van der Waals surface area (Å²) < 4.78 is 0. The van der Waals surface area contributed by atoms with Crippen molar-refractivity contribution in [2.24, 2.45) is 5.41 Å². The number of rotatable bonds is 3. The van der Waals surface area contributed by atoms with Crippen molar-refractivity contribution in [3.05, 3.63) is 24.8 Å². The molecular weight excluding hydrogens is 136 g/mol. The third-order valence-electron chi connectivity index (χ3n) is 2.47. The summed E-state index contributed by atoms with van der Waals surface area (Å²) in [6.07, 6.45) is 10.4. The van der Waals surface area contributed by atoms with Crippen molar-refractivity contribution >= 4 is 0 Å². The molecule has 0 saturated heterocycles. The Morgan fingerprint density at radius 1 is 1.55 bits per heavy atom. The number of aliphatic hydroxyl groups is 1. The summed E-state index contributed by atoms with van der Waals surface area (Å²) >= 11 is 0. The van der Waals surface area contributed by atoms with Crippen LogP contribution in [0.1, 0.15) is 25.7 Å². The minimum Gasteiger partial charge on any atom is -0.396 e. The summed E-state index contributed by atoms with van der Waals surface area (Å²) in [6.45, 7) is 4.01. The van der Waals surface area contributed by atoms with Crippen LogP contribution in [0.15, 0.2) is 24.8 Å². The standard InChI is InChI=1S/C10H16O/c1-2-6-10(9-11)7-4-3-5-8-10/h2-4,11H,1,5-9H2. The number of allylic oxidation sites excluding steroid dienone is 3. The van der Waals surface area contributed by atoms with Gasteiger partial charge in [0.05, 0.1) is 0 Å². The van der Waals surface area contributed by atoms with Crippen LogP contribution in [0, 0.1) is 5.41 Å². The Labute approximate surface area is 68.4 Å². The third-order valence-corrected chi connectivity index (χ3v) is 2.47. The van der Waals surface area contributed by atoms with E-state index in [1.807, 2.05) is 6.08 Å². The van der Waals surface area contributed by atoms with Gasteiger partial charge in [-0.3, -0.25) is 0 Å². The van der Waals surface area contributed by atoms with E-state index < -0.39 is 0 Å². The Morgan fingerprint density at radius 2 is 2.36 bits per heavy atom. The Hall–Kier alpha value is -0.560. The van der Waals surface area contributed by atoms with E-state index in [4.69, 9.17) is 0 Å². The first-order chi connectivity index (χ1) is 5.33. The zero-order valence-electron chi connectivity index (χ0n) is 6.92. The Balaban J connectivity index is 2.58. The van der Waals surface area contributed by atoms with Crippen LogP contribution in [0.5, 0.6) is 0 Å². The molecule has 0 bridgehead atoms. The van der Waals surface area contributed by atoms with E-state index in [0.717, 1.165) is 25.7 Å². The second-order valence-corrected chi connectivity index (χ2v) is 3.37. The third kappa shape index (κ3) is 1.93. The van der Waals surface area contributed by atoms with Crippen molar-refractivity contribution in [1.29, 1.82) is 0 Å². The molecule has 1 heteroatoms. The lowest BCUT2D eigenvalue weighted by Gasteiger charge is -2.31. The van der Waals surface area contributed by atoms with Crippen molar-refractivity contribution in [3.63, 3.8) is 0 Å². The van der Waals surface area contributed by atoms with Crippen molar-refractivity contribution < 1.29 is 5.11 Å². The van der Waals surface area contributed by atoms with Crippen LogP contribution >= 0.6 is 0 Å². The second kappa shape index (κ2) is 3.72. The first-order valence-electron chi connectivity index (χ1n) is 4.20. The van der Waals surface area contributed by atoms with Gasteiger partial charge in [-0.1, -0.05) is 18.2 Å². The molecule has 1 unspecified atom stereocenters. The fraction of sp³-hybridized carbons (Fsp3) is 0.600. The minimum absolute atomic E-state index is 0.122. The summed E-state index contributed by atoms with van der Waals surface area (Å²) in [5.41, 5.74) is 0.122. The summed E-state index contributed by atoms with van der Waals surface area (Å²) in [5, 5.41) is 9.19. The Bertz CT molecular complexity index is 160. The van der Waals surface area contributed by atoms with E-state index in [9.17, 15) is 5.11 Å². The van der Waals surface area contributed by atoms with Gasteiger partial charge in [-0.25, -0.2) is 0 Å². The van der Waals surface area contributed by atoms with Gasteiger partial charge in [0.1, 0.15) is 0 Å². The average molecular weight is 152 g/mol. The maximum Gasteiger partial charge on any atom is 0.0493 e. The van der Waals surface area contributed by atoms with E-state index in [-0.39, 0.29) is 5.41 Å². The molecule has 0 aromatic heterocycles. The first kappa shape index (κ1) is 8.54. The normalized spacial score (nSPS) is 30.3. The fourth-order valence-corrected chi connectivity index (χ4v) is 1.64. The molecule has 0 radical (unpaired) electrons. The zero-order chi connectivity index (χ0) is 8.16. The maximum atomic E-state index is 9.19. The highest BCUT2D eigenvalue weighted by Crippen LogP contribution is 2.35. The SMILES string of the molecule is C=CCC1(CO)CC=CCC1. The van der Waals surface area contributed by atoms with Gasteiger partial charge in [0, 0.05) is 12.0 Å². The molecule has 1 atom stereocenters. The van der Waals surface area contributed by atoms with Crippen molar-refractivity contribution in [3.8, 4) is 0 Å². The van der Waals surface area contributed by atoms with Crippen molar-refractivity contribution in [2.45, 2.75) is 25.7 Å². The van der Waals surface area contributed by atoms with Crippen molar-refractivity contribution in [2.75, 3.05) is 6.61 Å². The molecule has 0 amide bonds. The molecule has 1 aliphatic rings. The average Bonchev–Trinajstić information content (AvgIpc) is 2.07. The molecule has 0 aliphatic heterocycles. The molecular formula is C10H16O. The lowest BCUT2D eigenvalue weighted by molar-refractivity contribution is 0.116. The summed E-state index contributed by atoms with van der Waals surface area (Å²) in [7, 11) is 0. The molecule has 1 aliphatic carbocycles. The molecule has 0 spiro atoms. The largest absolute Gasteiger partial charge is 0.396 e. The lowest BCUT2D eigenvalue weighted by atomic mass is 9.75. The van der Waals surface area contributed by atoms with Crippen LogP contribution in [-0.2, 0) is 0 Å². The van der Waals surface area contributed by atoms with Crippen LogP contribution < -0.4 is 0 Å². The van der Waals surface area contributed by atoms with Crippen LogP contribution in [0.25, 0.3) is 0 Å². The molecule has 0 aromatic carbocycles. The van der Waals surface area contributed by atoms with Gasteiger partial charge in [0.2, 0.25) is 0 Å². The van der Waals surface area contributed by atoms with Gasteiger partial charge in [0.15, 0.2) is 0 Å². The smallest absolute Gasteiger partial charge is 0.0493 e. The molecule has 0 aromatic rings. The highest BCUT2D eigenvalue weighted by molar-refractivity contribution is 4.99. The van der Waals surface area contributed by atoms with E-state index >= 15 is 0 Å². The van der Waals surface area contributed by atoms with Crippen molar-refractivity contribution in [1.82, 2.24) is 0 Å². The molecule has 1 N–H and O–H groups in total. The van der Waals surface area contributed by atoms with Gasteiger partial charge in [-0.2, -0.15) is 0 Å². The molecule has 0 saturated carbocycles. The van der Waals surface area contributed by atoms with Crippen LogP contribution in [0.2, 0.25) is 0 Å². The predicted molar refractivity (Wildman–Crippen MR) is 47.3 cm³/mol. The topological polar surface area (TPSA) is 20.2 Å². The van der Waals surface area contributed by atoms with Gasteiger partial charge in [-0.05, 0) is 25.7 Å². The molecule has 1 nitrogen and oxygen atoms in total. The van der Waals surface area contributed by atoms with Gasteiger partial charge in [0.25, 0.3) is 0 Å². The molecule has 11 heavy (non-hydrogen) atoms.